The summed E-state index contributed by atoms with van der Waals surface area (Å²) >= 11 is 1.76. The molecule has 1 fully saturated rings. The van der Waals surface area contributed by atoms with Crippen LogP contribution in [0, 0.1) is 5.92 Å². The Hall–Kier alpha value is -1.61. The number of thiophene rings is 1. The summed E-state index contributed by atoms with van der Waals surface area (Å²) in [5, 5.41) is 11.2. The van der Waals surface area contributed by atoms with E-state index in [-0.39, 0.29) is 29.9 Å². The number of carbonyl (C=O) groups excluding carboxylic acids is 1. The van der Waals surface area contributed by atoms with E-state index in [0.29, 0.717) is 31.4 Å². The molecule has 0 spiro atoms. The van der Waals surface area contributed by atoms with Crippen LogP contribution in [0.2, 0.25) is 0 Å². The zero-order chi connectivity index (χ0) is 19.7. The summed E-state index contributed by atoms with van der Waals surface area (Å²) in [6.07, 6.45) is 1.80. The first-order valence-electron chi connectivity index (χ1n) is 9.42. The molecule has 2 rings (SSSR count). The first-order valence-corrected chi connectivity index (χ1v) is 12.1. The third kappa shape index (κ3) is 8.30. The molecule has 9 heteroatoms. The molecule has 0 saturated carbocycles. The van der Waals surface area contributed by atoms with Crippen molar-refractivity contribution in [2.24, 2.45) is 10.9 Å². The molecule has 1 aliphatic heterocycles. The minimum atomic E-state index is -2.98. The number of sulfone groups is 1. The van der Waals surface area contributed by atoms with Crippen molar-refractivity contribution in [3.8, 4) is 0 Å². The number of nitrogens with one attached hydrogen (secondary N) is 3. The summed E-state index contributed by atoms with van der Waals surface area (Å²) in [5.41, 5.74) is 0. The van der Waals surface area contributed by atoms with Crippen molar-refractivity contribution in [3.05, 3.63) is 22.4 Å². The molecule has 2 unspecified atom stereocenters. The van der Waals surface area contributed by atoms with Gasteiger partial charge in [0.25, 0.3) is 0 Å². The zero-order valence-corrected chi connectivity index (χ0v) is 17.7. The molecule has 152 valence electrons. The molecule has 2 heterocycles. The van der Waals surface area contributed by atoms with Crippen molar-refractivity contribution < 1.29 is 13.2 Å². The van der Waals surface area contributed by atoms with Crippen molar-refractivity contribution in [2.45, 2.75) is 39.2 Å². The van der Waals surface area contributed by atoms with Crippen molar-refractivity contribution in [2.75, 3.05) is 31.1 Å². The van der Waals surface area contributed by atoms with Crippen LogP contribution in [0.15, 0.2) is 22.5 Å². The lowest BCUT2D eigenvalue weighted by atomic mass is 10.1. The number of rotatable bonds is 9. The van der Waals surface area contributed by atoms with Gasteiger partial charge in [-0.3, -0.25) is 9.79 Å². The molecule has 3 N–H and O–H groups in total. The van der Waals surface area contributed by atoms with Crippen LogP contribution in [0.1, 0.15) is 31.6 Å². The van der Waals surface area contributed by atoms with Crippen LogP contribution in [0.3, 0.4) is 0 Å². The first kappa shape index (κ1) is 21.7. The number of aliphatic imine (C=N–C) groups is 1. The van der Waals surface area contributed by atoms with Gasteiger partial charge in [0.1, 0.15) is 0 Å². The van der Waals surface area contributed by atoms with Gasteiger partial charge in [0, 0.05) is 37.0 Å². The predicted molar refractivity (Wildman–Crippen MR) is 111 cm³/mol. The van der Waals surface area contributed by atoms with Crippen LogP contribution >= 0.6 is 11.3 Å². The maximum atomic E-state index is 12.0. The lowest BCUT2D eigenvalue weighted by Crippen LogP contribution is -2.41. The largest absolute Gasteiger partial charge is 0.357 e. The standard InChI is InChI=1S/C18H30N4O3S2/c1-3-19-18(21-12-14(2)11-16-5-4-9-26-16)20-8-6-17(23)22-15-7-10-27(24,25)13-15/h4-5,9,14-15H,3,6-8,10-13H2,1-2H3,(H,22,23)(H2,19,20,21). The number of hydrogen-bond acceptors (Lipinski definition) is 5. The van der Waals surface area contributed by atoms with Crippen molar-refractivity contribution in [3.63, 3.8) is 0 Å². The van der Waals surface area contributed by atoms with E-state index in [1.54, 1.807) is 11.3 Å². The Morgan fingerprint density at radius 3 is 2.85 bits per heavy atom. The number of guanidine groups is 1. The van der Waals surface area contributed by atoms with E-state index < -0.39 is 9.84 Å². The molecule has 7 nitrogen and oxygen atoms in total. The Bertz CT molecular complexity index is 717. The van der Waals surface area contributed by atoms with Gasteiger partial charge in [0.15, 0.2) is 15.8 Å². The summed E-state index contributed by atoms with van der Waals surface area (Å²) < 4.78 is 22.9. The SMILES string of the molecule is CCNC(=NCC(C)Cc1cccs1)NCCC(=O)NC1CCS(=O)(=O)C1. The van der Waals surface area contributed by atoms with Gasteiger partial charge in [0.2, 0.25) is 5.91 Å². The number of amides is 1. The van der Waals surface area contributed by atoms with E-state index in [4.69, 9.17) is 0 Å². The highest BCUT2D eigenvalue weighted by Gasteiger charge is 2.28. The van der Waals surface area contributed by atoms with Gasteiger partial charge in [-0.2, -0.15) is 0 Å². The van der Waals surface area contributed by atoms with Crippen LogP contribution in [-0.2, 0) is 21.1 Å². The summed E-state index contributed by atoms with van der Waals surface area (Å²) in [4.78, 5) is 18.0. The van der Waals surface area contributed by atoms with Crippen LogP contribution in [-0.4, -0.2) is 57.5 Å². The van der Waals surface area contributed by atoms with Crippen LogP contribution in [0.5, 0.6) is 0 Å². The van der Waals surface area contributed by atoms with Crippen molar-refractivity contribution in [1.82, 2.24) is 16.0 Å². The minimum Gasteiger partial charge on any atom is -0.357 e. The van der Waals surface area contributed by atoms with Gasteiger partial charge in [-0.15, -0.1) is 11.3 Å². The third-order valence-electron chi connectivity index (χ3n) is 4.28. The summed E-state index contributed by atoms with van der Waals surface area (Å²) in [6, 6.07) is 3.96. The normalized spacial score (nSPS) is 20.2. The molecule has 0 aliphatic carbocycles. The second-order valence-electron chi connectivity index (χ2n) is 6.95. The smallest absolute Gasteiger partial charge is 0.222 e. The minimum absolute atomic E-state index is 0.0540. The van der Waals surface area contributed by atoms with Crippen molar-refractivity contribution >= 4 is 33.0 Å². The average molecular weight is 415 g/mol. The van der Waals surface area contributed by atoms with E-state index in [0.717, 1.165) is 13.0 Å². The fourth-order valence-electron chi connectivity index (χ4n) is 2.93. The lowest BCUT2D eigenvalue weighted by molar-refractivity contribution is -0.121. The molecule has 0 bridgehead atoms. The zero-order valence-electron chi connectivity index (χ0n) is 16.0. The molecule has 0 radical (unpaired) electrons. The molecular weight excluding hydrogens is 384 g/mol. The summed E-state index contributed by atoms with van der Waals surface area (Å²) in [7, 11) is -2.98. The van der Waals surface area contributed by atoms with E-state index in [2.05, 4.69) is 45.4 Å². The van der Waals surface area contributed by atoms with Gasteiger partial charge < -0.3 is 16.0 Å². The lowest BCUT2D eigenvalue weighted by Gasteiger charge is -2.14. The van der Waals surface area contributed by atoms with Gasteiger partial charge in [-0.1, -0.05) is 13.0 Å². The average Bonchev–Trinajstić information content (AvgIpc) is 3.22. The van der Waals surface area contributed by atoms with Crippen LogP contribution in [0.4, 0.5) is 0 Å². The first-order chi connectivity index (χ1) is 12.9. The summed E-state index contributed by atoms with van der Waals surface area (Å²) in [5.74, 6) is 1.22. The van der Waals surface area contributed by atoms with Gasteiger partial charge in [-0.05, 0) is 37.1 Å². The molecule has 1 amide bonds. The van der Waals surface area contributed by atoms with Gasteiger partial charge in [-0.25, -0.2) is 8.42 Å². The maximum Gasteiger partial charge on any atom is 0.222 e. The molecular formula is C18H30N4O3S2. The molecule has 1 saturated heterocycles. The fraction of sp³-hybridized carbons (Fsp3) is 0.667. The monoisotopic (exact) mass is 414 g/mol. The Morgan fingerprint density at radius 2 is 2.22 bits per heavy atom. The van der Waals surface area contributed by atoms with E-state index in [1.165, 1.54) is 4.88 Å². The van der Waals surface area contributed by atoms with Crippen molar-refractivity contribution in [1.29, 1.82) is 0 Å². The Labute approximate surface area is 166 Å². The highest BCUT2D eigenvalue weighted by atomic mass is 32.2. The number of nitrogens with zero attached hydrogens (tertiary/aromatic N) is 1. The molecule has 2 atom stereocenters. The number of hydrogen-bond donors (Lipinski definition) is 3. The third-order valence-corrected chi connectivity index (χ3v) is 6.94. The Balaban J connectivity index is 1.70. The second-order valence-corrected chi connectivity index (χ2v) is 10.2. The maximum absolute atomic E-state index is 12.0. The molecule has 0 aromatic carbocycles. The van der Waals surface area contributed by atoms with E-state index in [9.17, 15) is 13.2 Å². The van der Waals surface area contributed by atoms with Crippen LogP contribution in [0.25, 0.3) is 0 Å². The van der Waals surface area contributed by atoms with Crippen LogP contribution < -0.4 is 16.0 Å². The van der Waals surface area contributed by atoms with E-state index in [1.807, 2.05) is 6.92 Å². The Morgan fingerprint density at radius 1 is 1.41 bits per heavy atom. The summed E-state index contributed by atoms with van der Waals surface area (Å²) in [6.45, 7) is 6.09. The molecule has 1 aliphatic rings. The van der Waals surface area contributed by atoms with Gasteiger partial charge >= 0.3 is 0 Å². The molecule has 27 heavy (non-hydrogen) atoms. The van der Waals surface area contributed by atoms with E-state index >= 15 is 0 Å². The molecule has 1 aromatic rings. The topological polar surface area (TPSA) is 99.7 Å². The number of carbonyl (C=O) groups is 1. The van der Waals surface area contributed by atoms with Gasteiger partial charge in [0.05, 0.1) is 11.5 Å². The Kier molecular flexibility index (Phi) is 8.56. The highest BCUT2D eigenvalue weighted by Crippen LogP contribution is 2.14. The molecule has 1 aromatic heterocycles. The quantitative estimate of drug-likeness (QED) is 0.416. The fourth-order valence-corrected chi connectivity index (χ4v) is 5.47. The second kappa shape index (κ2) is 10.7. The predicted octanol–water partition coefficient (Wildman–Crippen LogP) is 1.18. The highest BCUT2D eigenvalue weighted by molar-refractivity contribution is 7.91.